The van der Waals surface area contributed by atoms with Gasteiger partial charge in [-0.15, -0.1) is 0 Å². The zero-order valence-corrected chi connectivity index (χ0v) is 32.4. The van der Waals surface area contributed by atoms with Gasteiger partial charge in [-0.1, -0.05) is 141 Å². The van der Waals surface area contributed by atoms with Crippen molar-refractivity contribution in [1.29, 1.82) is 0 Å². The minimum atomic E-state index is -0.146. The Bertz CT molecular complexity index is 2650. The van der Waals surface area contributed by atoms with Crippen LogP contribution in [-0.2, 0) is 10.8 Å². The van der Waals surface area contributed by atoms with Crippen LogP contribution in [0, 0.1) is 23.7 Å². The minimum Gasteiger partial charge on any atom is -0.310 e. The van der Waals surface area contributed by atoms with Crippen LogP contribution in [-0.4, -0.2) is 0 Å². The molecular formula is C55H47N. The van der Waals surface area contributed by atoms with Crippen LogP contribution in [0.5, 0.6) is 0 Å². The summed E-state index contributed by atoms with van der Waals surface area (Å²) in [5, 5.41) is 0. The average molecular weight is 722 g/mol. The van der Waals surface area contributed by atoms with Gasteiger partial charge in [-0.3, -0.25) is 0 Å². The van der Waals surface area contributed by atoms with Crippen molar-refractivity contribution < 1.29 is 0 Å². The van der Waals surface area contributed by atoms with Crippen LogP contribution in [0.3, 0.4) is 0 Å². The molecule has 1 spiro atoms. The minimum absolute atomic E-state index is 0.146. The number of benzene rings is 7. The summed E-state index contributed by atoms with van der Waals surface area (Å²) in [5.41, 5.74) is 20.3. The first kappa shape index (κ1) is 32.6. The number of hydrogen-bond donors (Lipinski definition) is 0. The quantitative estimate of drug-likeness (QED) is 0.171. The molecule has 4 fully saturated rings. The van der Waals surface area contributed by atoms with Gasteiger partial charge in [-0.2, -0.15) is 0 Å². The second-order valence-electron chi connectivity index (χ2n) is 18.1. The molecule has 6 aliphatic carbocycles. The van der Waals surface area contributed by atoms with Crippen LogP contribution < -0.4 is 4.90 Å². The van der Waals surface area contributed by atoms with Gasteiger partial charge < -0.3 is 4.90 Å². The van der Waals surface area contributed by atoms with Crippen molar-refractivity contribution in [3.8, 4) is 44.5 Å². The van der Waals surface area contributed by atoms with Crippen molar-refractivity contribution in [1.82, 2.24) is 0 Å². The van der Waals surface area contributed by atoms with Crippen molar-refractivity contribution >= 4 is 17.1 Å². The van der Waals surface area contributed by atoms with Gasteiger partial charge in [-0.25, -0.2) is 0 Å². The van der Waals surface area contributed by atoms with Gasteiger partial charge in [-0.05, 0) is 159 Å². The summed E-state index contributed by atoms with van der Waals surface area (Å²) in [4.78, 5) is 2.50. The summed E-state index contributed by atoms with van der Waals surface area (Å²) in [7, 11) is 0. The van der Waals surface area contributed by atoms with Crippen LogP contribution in [0.25, 0.3) is 44.5 Å². The number of hydrogen-bond acceptors (Lipinski definition) is 1. The van der Waals surface area contributed by atoms with Gasteiger partial charge in [0.25, 0.3) is 0 Å². The molecule has 1 heteroatoms. The number of fused-ring (bicyclic) bond motifs is 6. The summed E-state index contributed by atoms with van der Waals surface area (Å²) in [5.74, 6) is 3.48. The molecule has 0 amide bonds. The zero-order valence-electron chi connectivity index (χ0n) is 32.4. The fraction of sp³-hybridized carbons (Fsp3) is 0.236. The van der Waals surface area contributed by atoms with Gasteiger partial charge in [0, 0.05) is 22.2 Å². The summed E-state index contributed by atoms with van der Waals surface area (Å²) in [6, 6.07) is 62.1. The van der Waals surface area contributed by atoms with E-state index >= 15 is 0 Å². The van der Waals surface area contributed by atoms with E-state index in [9.17, 15) is 0 Å². The molecule has 7 aromatic carbocycles. The van der Waals surface area contributed by atoms with Gasteiger partial charge in [0.05, 0.1) is 5.69 Å². The largest absolute Gasteiger partial charge is 0.310 e. The van der Waals surface area contributed by atoms with Crippen LogP contribution in [0.2, 0.25) is 0 Å². The van der Waals surface area contributed by atoms with E-state index in [2.05, 4.69) is 183 Å². The van der Waals surface area contributed by atoms with E-state index in [4.69, 9.17) is 0 Å². The molecule has 0 radical (unpaired) electrons. The summed E-state index contributed by atoms with van der Waals surface area (Å²) in [6.45, 7) is 4.78. The fourth-order valence-corrected chi connectivity index (χ4v) is 13.0. The zero-order chi connectivity index (χ0) is 37.2. The average Bonchev–Trinajstić information content (AvgIpc) is 3.66. The van der Waals surface area contributed by atoms with E-state index in [0.717, 1.165) is 35.0 Å². The van der Waals surface area contributed by atoms with E-state index in [1.807, 2.05) is 0 Å². The molecule has 0 saturated heterocycles. The Hall–Kier alpha value is -5.66. The molecule has 0 N–H and O–H groups in total. The number of nitrogens with zero attached hydrogens (tertiary/aromatic N) is 1. The summed E-state index contributed by atoms with van der Waals surface area (Å²) >= 11 is 0. The van der Waals surface area contributed by atoms with E-state index in [-0.39, 0.29) is 10.8 Å². The SMILES string of the molecule is CC1(C)c2ccccc2-c2cccc(N(c3ccc(-c4ccc5c(c4)-c4ccccc4C54C5CC6CC(C5)CC4C6)cc3)c3cccc(-c4ccccc4)c3)c21. The molecule has 56 heavy (non-hydrogen) atoms. The maximum Gasteiger partial charge on any atom is 0.0508 e. The molecule has 1 nitrogen and oxygen atoms in total. The van der Waals surface area contributed by atoms with E-state index < -0.39 is 0 Å². The predicted octanol–water partition coefficient (Wildman–Crippen LogP) is 14.5. The molecule has 0 heterocycles. The maximum absolute atomic E-state index is 2.55. The first-order chi connectivity index (χ1) is 27.5. The third-order valence-electron chi connectivity index (χ3n) is 15.0. The first-order valence-corrected chi connectivity index (χ1v) is 21.0. The molecule has 0 atom stereocenters. The second kappa shape index (κ2) is 11.9. The Morgan fingerprint density at radius 3 is 1.71 bits per heavy atom. The molecule has 4 saturated carbocycles. The highest BCUT2D eigenvalue weighted by molar-refractivity contribution is 5.92. The van der Waals surface area contributed by atoms with Crippen LogP contribution in [0.1, 0.15) is 68.2 Å². The molecule has 0 aliphatic heterocycles. The first-order valence-electron chi connectivity index (χ1n) is 21.0. The molecule has 0 aromatic heterocycles. The molecule has 4 bridgehead atoms. The van der Waals surface area contributed by atoms with E-state index in [1.54, 1.807) is 11.1 Å². The summed E-state index contributed by atoms with van der Waals surface area (Å²) in [6.07, 6.45) is 7.16. The highest BCUT2D eigenvalue weighted by Crippen LogP contribution is 2.69. The number of anilines is 3. The molecule has 272 valence electrons. The molecule has 13 rings (SSSR count). The van der Waals surface area contributed by atoms with Gasteiger partial charge >= 0.3 is 0 Å². The van der Waals surface area contributed by atoms with Crippen LogP contribution in [0.15, 0.2) is 164 Å². The highest BCUT2D eigenvalue weighted by atomic mass is 15.1. The lowest BCUT2D eigenvalue weighted by molar-refractivity contribution is -0.0399. The van der Waals surface area contributed by atoms with Crippen molar-refractivity contribution in [2.75, 3.05) is 4.90 Å². The molecule has 6 aliphatic rings. The third-order valence-corrected chi connectivity index (χ3v) is 15.0. The van der Waals surface area contributed by atoms with Gasteiger partial charge in [0.2, 0.25) is 0 Å². The Labute approximate surface area is 331 Å². The van der Waals surface area contributed by atoms with Crippen LogP contribution in [0.4, 0.5) is 17.1 Å². The smallest absolute Gasteiger partial charge is 0.0508 e. The van der Waals surface area contributed by atoms with Crippen molar-refractivity contribution in [2.24, 2.45) is 23.7 Å². The molecular weight excluding hydrogens is 675 g/mol. The Morgan fingerprint density at radius 2 is 0.964 bits per heavy atom. The van der Waals surface area contributed by atoms with Crippen molar-refractivity contribution in [3.05, 3.63) is 186 Å². The lowest BCUT2D eigenvalue weighted by Crippen LogP contribution is -2.55. The molecule has 7 aromatic rings. The van der Waals surface area contributed by atoms with Crippen molar-refractivity contribution in [3.63, 3.8) is 0 Å². The van der Waals surface area contributed by atoms with Crippen LogP contribution >= 0.6 is 0 Å². The van der Waals surface area contributed by atoms with E-state index in [0.29, 0.717) is 0 Å². The lowest BCUT2D eigenvalue weighted by atomic mass is 9.43. The monoisotopic (exact) mass is 721 g/mol. The molecule has 0 unspecified atom stereocenters. The third kappa shape index (κ3) is 4.49. The Kier molecular flexibility index (Phi) is 6.93. The number of rotatable bonds is 5. The van der Waals surface area contributed by atoms with Gasteiger partial charge in [0.1, 0.15) is 0 Å². The van der Waals surface area contributed by atoms with E-state index in [1.165, 1.54) is 93.4 Å². The fourth-order valence-electron chi connectivity index (χ4n) is 13.0. The topological polar surface area (TPSA) is 3.24 Å². The lowest BCUT2D eigenvalue weighted by Gasteiger charge is -2.61. The van der Waals surface area contributed by atoms with Gasteiger partial charge in [0.15, 0.2) is 0 Å². The predicted molar refractivity (Wildman–Crippen MR) is 233 cm³/mol. The maximum atomic E-state index is 2.55. The normalized spacial score (nSPS) is 24.1. The second-order valence-corrected chi connectivity index (χ2v) is 18.1. The standard InChI is InChI=1S/C55H47N/c1-54(2)49-19-8-6-16-45(49)47-18-11-21-52(53(47)54)56(44-15-10-14-39(33-44)37-12-4-3-5-13-37)43-25-22-38(23-26-43)40-24-27-51-48(34-40)46-17-7-9-20-50(46)55(51)41-29-35-28-36(31-41)32-42(55)30-35/h3-27,33-36,41-42H,28-32H2,1-2H3. The highest BCUT2D eigenvalue weighted by Gasteiger charge is 2.61. The summed E-state index contributed by atoms with van der Waals surface area (Å²) < 4.78 is 0. The van der Waals surface area contributed by atoms with Crippen molar-refractivity contribution in [2.45, 2.75) is 56.8 Å². The Morgan fingerprint density at radius 1 is 0.411 bits per heavy atom. The Balaban J connectivity index is 0.978.